The summed E-state index contributed by atoms with van der Waals surface area (Å²) in [5.74, 6) is 0.518. The first kappa shape index (κ1) is 27.5. The molecule has 6 aromatic rings. The molecular formula is C38H36N2O2. The van der Waals surface area contributed by atoms with Crippen molar-refractivity contribution in [1.29, 1.82) is 0 Å². The summed E-state index contributed by atoms with van der Waals surface area (Å²) in [6, 6.07) is 32.6. The van der Waals surface area contributed by atoms with E-state index in [0.29, 0.717) is 17.0 Å². The SMILES string of the molecule is CC(C)(C)c1cc(-c2cc(C(C)(C)C)ccn2)cc(-c2cccc3oc(-c4cc(-c5ccccc5)ccc4O)nc23)c1. The van der Waals surface area contributed by atoms with Crippen molar-refractivity contribution < 1.29 is 9.52 Å². The van der Waals surface area contributed by atoms with Crippen LogP contribution in [0.2, 0.25) is 0 Å². The maximum atomic E-state index is 10.8. The molecule has 4 nitrogen and oxygen atoms in total. The van der Waals surface area contributed by atoms with Gasteiger partial charge in [-0.1, -0.05) is 96.1 Å². The lowest BCUT2D eigenvalue weighted by Crippen LogP contribution is -2.12. The molecule has 1 N–H and O–H groups in total. The molecule has 0 atom stereocenters. The number of phenols is 1. The van der Waals surface area contributed by atoms with Gasteiger partial charge in [0.25, 0.3) is 0 Å². The van der Waals surface area contributed by atoms with Gasteiger partial charge in [0.15, 0.2) is 5.58 Å². The van der Waals surface area contributed by atoms with E-state index < -0.39 is 0 Å². The molecule has 0 aliphatic carbocycles. The molecule has 0 radical (unpaired) electrons. The molecule has 0 spiro atoms. The Labute approximate surface area is 247 Å². The fourth-order valence-electron chi connectivity index (χ4n) is 5.23. The number of nitrogens with zero attached hydrogens (tertiary/aromatic N) is 2. The van der Waals surface area contributed by atoms with Crippen molar-refractivity contribution in [2.24, 2.45) is 0 Å². The summed E-state index contributed by atoms with van der Waals surface area (Å²) >= 11 is 0. The fourth-order valence-corrected chi connectivity index (χ4v) is 5.23. The van der Waals surface area contributed by atoms with Crippen LogP contribution in [-0.4, -0.2) is 15.1 Å². The predicted octanol–water partition coefficient (Wildman–Crippen LogP) is 10.2. The van der Waals surface area contributed by atoms with E-state index in [2.05, 4.69) is 77.9 Å². The third kappa shape index (κ3) is 5.33. The highest BCUT2D eigenvalue weighted by atomic mass is 16.3. The molecule has 210 valence electrons. The average molecular weight is 553 g/mol. The van der Waals surface area contributed by atoms with E-state index in [1.54, 1.807) is 6.07 Å². The minimum atomic E-state index is -0.0705. The van der Waals surface area contributed by atoms with Gasteiger partial charge < -0.3 is 9.52 Å². The van der Waals surface area contributed by atoms with Gasteiger partial charge in [-0.25, -0.2) is 4.98 Å². The Morgan fingerprint density at radius 2 is 1.33 bits per heavy atom. The summed E-state index contributed by atoms with van der Waals surface area (Å²) < 4.78 is 6.27. The number of phenolic OH excluding ortho intramolecular Hbond substituents is 1. The van der Waals surface area contributed by atoms with Crippen LogP contribution in [0.25, 0.3) is 56.1 Å². The van der Waals surface area contributed by atoms with Crippen molar-refractivity contribution in [2.45, 2.75) is 52.4 Å². The van der Waals surface area contributed by atoms with E-state index in [1.807, 2.05) is 60.8 Å². The normalized spacial score (nSPS) is 12.1. The summed E-state index contributed by atoms with van der Waals surface area (Å²) in [6.07, 6.45) is 1.90. The maximum Gasteiger partial charge on any atom is 0.231 e. The highest BCUT2D eigenvalue weighted by molar-refractivity contribution is 5.93. The van der Waals surface area contributed by atoms with Gasteiger partial charge >= 0.3 is 0 Å². The highest BCUT2D eigenvalue weighted by Gasteiger charge is 2.21. The molecule has 0 bridgehead atoms. The number of oxazole rings is 1. The summed E-state index contributed by atoms with van der Waals surface area (Å²) in [7, 11) is 0. The van der Waals surface area contributed by atoms with Gasteiger partial charge in [-0.15, -0.1) is 0 Å². The third-order valence-corrected chi connectivity index (χ3v) is 7.78. The molecule has 0 fully saturated rings. The second-order valence-corrected chi connectivity index (χ2v) is 13.0. The number of aromatic nitrogens is 2. The van der Waals surface area contributed by atoms with Crippen molar-refractivity contribution in [3.8, 4) is 50.7 Å². The number of rotatable bonds is 4. The van der Waals surface area contributed by atoms with Gasteiger partial charge in [0, 0.05) is 17.3 Å². The largest absolute Gasteiger partial charge is 0.507 e. The van der Waals surface area contributed by atoms with Gasteiger partial charge in [-0.05, 0) is 81.1 Å². The lowest BCUT2D eigenvalue weighted by atomic mass is 9.83. The lowest BCUT2D eigenvalue weighted by molar-refractivity contribution is 0.474. The number of benzene rings is 4. The van der Waals surface area contributed by atoms with Crippen molar-refractivity contribution in [3.05, 3.63) is 114 Å². The maximum absolute atomic E-state index is 10.8. The molecule has 0 aliphatic rings. The van der Waals surface area contributed by atoms with E-state index in [-0.39, 0.29) is 16.6 Å². The number of para-hydroxylation sites is 1. The van der Waals surface area contributed by atoms with E-state index >= 15 is 0 Å². The van der Waals surface area contributed by atoms with Crippen LogP contribution in [0.4, 0.5) is 0 Å². The first-order valence-corrected chi connectivity index (χ1v) is 14.4. The van der Waals surface area contributed by atoms with Crippen LogP contribution < -0.4 is 0 Å². The molecule has 0 saturated heterocycles. The highest BCUT2D eigenvalue weighted by Crippen LogP contribution is 2.39. The van der Waals surface area contributed by atoms with E-state index in [9.17, 15) is 5.11 Å². The standard InChI is InChI=1S/C38H36N2O2/c1-37(2,3)28-17-18-39-32(23-28)27-19-26(20-29(21-27)38(4,5)6)30-13-10-14-34-35(30)40-36(42-34)31-22-25(15-16-33(31)41)24-11-8-7-9-12-24/h7-23,41H,1-6H3. The second-order valence-electron chi connectivity index (χ2n) is 13.0. The van der Waals surface area contributed by atoms with Crippen LogP contribution in [-0.2, 0) is 10.8 Å². The average Bonchev–Trinajstić information content (AvgIpc) is 3.41. The van der Waals surface area contributed by atoms with Crippen LogP contribution in [0.3, 0.4) is 0 Å². The molecule has 6 rings (SSSR count). The van der Waals surface area contributed by atoms with E-state index in [1.165, 1.54) is 11.1 Å². The van der Waals surface area contributed by atoms with Gasteiger partial charge in [0.2, 0.25) is 5.89 Å². The molecule has 2 heterocycles. The Bertz CT molecular complexity index is 1900. The van der Waals surface area contributed by atoms with Crippen molar-refractivity contribution >= 4 is 11.1 Å². The number of fused-ring (bicyclic) bond motifs is 1. The summed E-state index contributed by atoms with van der Waals surface area (Å²) in [6.45, 7) is 13.3. The van der Waals surface area contributed by atoms with Crippen molar-refractivity contribution in [3.63, 3.8) is 0 Å². The number of aromatic hydroxyl groups is 1. The Hall–Kier alpha value is -4.70. The Morgan fingerprint density at radius 3 is 2.07 bits per heavy atom. The quantitative estimate of drug-likeness (QED) is 0.236. The summed E-state index contributed by atoms with van der Waals surface area (Å²) in [5.41, 5.74) is 10.5. The molecule has 0 amide bonds. The minimum absolute atomic E-state index is 0.0221. The topological polar surface area (TPSA) is 59.2 Å². The zero-order chi connectivity index (χ0) is 29.6. The number of hydrogen-bond donors (Lipinski definition) is 1. The van der Waals surface area contributed by atoms with Crippen LogP contribution in [0.1, 0.15) is 52.7 Å². The molecule has 4 heteroatoms. The van der Waals surface area contributed by atoms with Gasteiger partial charge in [-0.3, -0.25) is 4.98 Å². The molecular weight excluding hydrogens is 516 g/mol. The van der Waals surface area contributed by atoms with E-state index in [0.717, 1.165) is 39.0 Å². The van der Waals surface area contributed by atoms with Crippen LogP contribution in [0.5, 0.6) is 5.75 Å². The van der Waals surface area contributed by atoms with Crippen molar-refractivity contribution in [1.82, 2.24) is 9.97 Å². The molecule has 0 saturated carbocycles. The Balaban J connectivity index is 1.50. The minimum Gasteiger partial charge on any atom is -0.507 e. The molecule has 2 aromatic heterocycles. The molecule has 4 aromatic carbocycles. The fraction of sp³-hybridized carbons (Fsp3) is 0.211. The zero-order valence-corrected chi connectivity index (χ0v) is 25.1. The van der Waals surface area contributed by atoms with Gasteiger partial charge in [-0.2, -0.15) is 0 Å². The third-order valence-electron chi connectivity index (χ3n) is 7.78. The predicted molar refractivity (Wildman–Crippen MR) is 173 cm³/mol. The zero-order valence-electron chi connectivity index (χ0n) is 25.1. The van der Waals surface area contributed by atoms with Gasteiger partial charge in [0.1, 0.15) is 11.3 Å². The van der Waals surface area contributed by atoms with Crippen molar-refractivity contribution in [2.75, 3.05) is 0 Å². The summed E-state index contributed by atoms with van der Waals surface area (Å²) in [4.78, 5) is 9.72. The first-order valence-electron chi connectivity index (χ1n) is 14.4. The smallest absolute Gasteiger partial charge is 0.231 e. The Morgan fingerprint density at radius 1 is 0.595 bits per heavy atom. The van der Waals surface area contributed by atoms with Crippen LogP contribution >= 0.6 is 0 Å². The molecule has 0 unspecified atom stereocenters. The van der Waals surface area contributed by atoms with E-state index in [4.69, 9.17) is 14.4 Å². The number of pyridine rings is 1. The van der Waals surface area contributed by atoms with Gasteiger partial charge in [0.05, 0.1) is 11.3 Å². The summed E-state index contributed by atoms with van der Waals surface area (Å²) in [5, 5.41) is 10.8. The second kappa shape index (κ2) is 10.3. The first-order chi connectivity index (χ1) is 20.0. The van der Waals surface area contributed by atoms with Crippen LogP contribution in [0.15, 0.2) is 108 Å². The molecule has 42 heavy (non-hydrogen) atoms. The Kier molecular flexibility index (Phi) is 6.73. The van der Waals surface area contributed by atoms with Crippen LogP contribution in [0, 0.1) is 0 Å². The lowest BCUT2D eigenvalue weighted by Gasteiger charge is -2.22. The monoisotopic (exact) mass is 552 g/mol. The molecule has 0 aliphatic heterocycles. The number of hydrogen-bond acceptors (Lipinski definition) is 4.